The molecule has 1 saturated heterocycles. The normalized spacial score (nSPS) is 21.2. The minimum absolute atomic E-state index is 0.125. The number of nitrogens with zero attached hydrogens (tertiary/aromatic N) is 1. The summed E-state index contributed by atoms with van der Waals surface area (Å²) in [7, 11) is 0. The standard InChI is InChI=1S/C22H26N4O6/c1-2-30-21(28)18-15(24-22(29)25-19(18)17-8-5-11-32-17)13-26-9-3-7-16(26)20(27)23-12-14-6-4-10-31-14/h4-6,8,10-11,16,19H,2-3,7,9,12-13H2,1H3,(H,23,27)(H2,24,25,29)/t16-,19-/m0/s1. The highest BCUT2D eigenvalue weighted by molar-refractivity contribution is 5.95. The van der Waals surface area contributed by atoms with Crippen molar-refractivity contribution in [2.75, 3.05) is 19.7 Å². The number of amides is 3. The number of esters is 1. The third kappa shape index (κ3) is 4.70. The van der Waals surface area contributed by atoms with Crippen LogP contribution in [-0.4, -0.2) is 48.5 Å². The second-order valence-corrected chi connectivity index (χ2v) is 7.59. The summed E-state index contributed by atoms with van der Waals surface area (Å²) < 4.78 is 16.0. The Hall–Kier alpha value is -3.53. The van der Waals surface area contributed by atoms with E-state index in [1.807, 2.05) is 4.90 Å². The quantitative estimate of drug-likeness (QED) is 0.533. The predicted octanol–water partition coefficient (Wildman–Crippen LogP) is 1.82. The lowest BCUT2D eigenvalue weighted by atomic mass is 9.99. The van der Waals surface area contributed by atoms with Crippen LogP contribution in [0.1, 0.15) is 37.3 Å². The molecule has 3 N–H and O–H groups in total. The van der Waals surface area contributed by atoms with Crippen LogP contribution in [0.25, 0.3) is 0 Å². The molecular formula is C22H26N4O6. The molecule has 4 rings (SSSR count). The van der Waals surface area contributed by atoms with Gasteiger partial charge in [-0.1, -0.05) is 0 Å². The van der Waals surface area contributed by atoms with Crippen LogP contribution in [0.4, 0.5) is 4.79 Å². The summed E-state index contributed by atoms with van der Waals surface area (Å²) in [6, 6.07) is 5.33. The average molecular weight is 442 g/mol. The Morgan fingerprint density at radius 2 is 2.06 bits per heavy atom. The van der Waals surface area contributed by atoms with Crippen molar-refractivity contribution in [3.8, 4) is 0 Å². The zero-order valence-electron chi connectivity index (χ0n) is 17.8. The van der Waals surface area contributed by atoms with E-state index in [4.69, 9.17) is 13.6 Å². The van der Waals surface area contributed by atoms with E-state index in [2.05, 4.69) is 16.0 Å². The molecule has 2 atom stereocenters. The molecule has 0 aliphatic carbocycles. The lowest BCUT2D eigenvalue weighted by molar-refractivity contribution is -0.139. The van der Waals surface area contributed by atoms with Crippen molar-refractivity contribution >= 4 is 17.9 Å². The molecule has 2 aromatic heterocycles. The van der Waals surface area contributed by atoms with Crippen molar-refractivity contribution in [3.05, 3.63) is 59.6 Å². The first-order valence-corrected chi connectivity index (χ1v) is 10.6. The summed E-state index contributed by atoms with van der Waals surface area (Å²) in [6.07, 6.45) is 4.54. The zero-order valence-corrected chi connectivity index (χ0v) is 17.8. The summed E-state index contributed by atoms with van der Waals surface area (Å²) >= 11 is 0. The highest BCUT2D eigenvalue weighted by Gasteiger charge is 2.38. The van der Waals surface area contributed by atoms with Gasteiger partial charge in [0.2, 0.25) is 5.91 Å². The molecule has 0 aromatic carbocycles. The summed E-state index contributed by atoms with van der Waals surface area (Å²) in [5.74, 6) is 0.422. The van der Waals surface area contributed by atoms with Crippen molar-refractivity contribution in [2.45, 2.75) is 38.4 Å². The maximum atomic E-state index is 12.8. The lowest BCUT2D eigenvalue weighted by Gasteiger charge is -2.31. The molecule has 2 aliphatic rings. The van der Waals surface area contributed by atoms with Gasteiger partial charge in [0.25, 0.3) is 0 Å². The van der Waals surface area contributed by atoms with Gasteiger partial charge in [0.1, 0.15) is 17.6 Å². The van der Waals surface area contributed by atoms with Gasteiger partial charge in [0, 0.05) is 12.2 Å². The Morgan fingerprint density at radius 1 is 1.25 bits per heavy atom. The number of ether oxygens (including phenoxy) is 1. The van der Waals surface area contributed by atoms with Gasteiger partial charge in [0.15, 0.2) is 0 Å². The zero-order chi connectivity index (χ0) is 22.5. The van der Waals surface area contributed by atoms with Gasteiger partial charge in [-0.3, -0.25) is 9.69 Å². The largest absolute Gasteiger partial charge is 0.467 e. The number of urea groups is 1. The Kier molecular flexibility index (Phi) is 6.60. The van der Waals surface area contributed by atoms with Gasteiger partial charge in [-0.2, -0.15) is 0 Å². The highest BCUT2D eigenvalue weighted by Crippen LogP contribution is 2.29. The third-order valence-electron chi connectivity index (χ3n) is 5.52. The van der Waals surface area contributed by atoms with Crippen molar-refractivity contribution in [2.24, 2.45) is 0 Å². The Bertz CT molecular complexity index is 982. The molecule has 0 radical (unpaired) electrons. The van der Waals surface area contributed by atoms with Crippen LogP contribution in [-0.2, 0) is 20.9 Å². The molecular weight excluding hydrogens is 416 g/mol. The van der Waals surface area contributed by atoms with Gasteiger partial charge in [-0.05, 0) is 50.6 Å². The first kappa shape index (κ1) is 21.7. The van der Waals surface area contributed by atoms with Crippen LogP contribution < -0.4 is 16.0 Å². The number of furan rings is 2. The Morgan fingerprint density at radius 3 is 2.78 bits per heavy atom. The molecule has 10 heteroatoms. The number of carbonyl (C=O) groups excluding carboxylic acids is 3. The fraction of sp³-hybridized carbons (Fsp3) is 0.409. The lowest BCUT2D eigenvalue weighted by Crippen LogP contribution is -2.50. The van der Waals surface area contributed by atoms with Gasteiger partial charge < -0.3 is 29.5 Å². The molecule has 3 amide bonds. The topological polar surface area (TPSA) is 126 Å². The van der Waals surface area contributed by atoms with E-state index in [0.717, 1.165) is 6.42 Å². The van der Waals surface area contributed by atoms with Gasteiger partial charge in [-0.15, -0.1) is 0 Å². The van der Waals surface area contributed by atoms with E-state index >= 15 is 0 Å². The molecule has 4 heterocycles. The maximum Gasteiger partial charge on any atom is 0.338 e. The molecule has 170 valence electrons. The molecule has 2 aliphatic heterocycles. The van der Waals surface area contributed by atoms with Gasteiger partial charge in [0.05, 0.1) is 37.3 Å². The first-order valence-electron chi connectivity index (χ1n) is 10.6. The molecule has 0 bridgehead atoms. The monoisotopic (exact) mass is 442 g/mol. The summed E-state index contributed by atoms with van der Waals surface area (Å²) in [5, 5.41) is 8.35. The Labute approximate surface area is 184 Å². The number of carbonyl (C=O) groups is 3. The van der Waals surface area contributed by atoms with E-state index < -0.39 is 18.0 Å². The van der Waals surface area contributed by atoms with Gasteiger partial charge in [-0.25, -0.2) is 9.59 Å². The van der Waals surface area contributed by atoms with Crippen LogP contribution in [0.2, 0.25) is 0 Å². The minimum Gasteiger partial charge on any atom is -0.467 e. The number of rotatable bonds is 8. The number of nitrogens with one attached hydrogen (secondary N) is 3. The van der Waals surface area contributed by atoms with Gasteiger partial charge >= 0.3 is 12.0 Å². The van der Waals surface area contributed by atoms with E-state index in [9.17, 15) is 14.4 Å². The minimum atomic E-state index is -0.776. The summed E-state index contributed by atoms with van der Waals surface area (Å²) in [5.41, 5.74) is 0.669. The second kappa shape index (κ2) is 9.73. The first-order chi connectivity index (χ1) is 15.6. The van der Waals surface area contributed by atoms with Crippen LogP contribution in [0.5, 0.6) is 0 Å². The van der Waals surface area contributed by atoms with Crippen molar-refractivity contribution < 1.29 is 28.0 Å². The maximum absolute atomic E-state index is 12.8. The van der Waals surface area contributed by atoms with E-state index in [0.29, 0.717) is 36.7 Å². The number of likely N-dealkylation sites (tertiary alicyclic amines) is 1. The van der Waals surface area contributed by atoms with Crippen LogP contribution in [0.3, 0.4) is 0 Å². The molecule has 10 nitrogen and oxygen atoms in total. The molecule has 0 spiro atoms. The van der Waals surface area contributed by atoms with E-state index in [1.54, 1.807) is 37.5 Å². The molecule has 1 fully saturated rings. The SMILES string of the molecule is CCOC(=O)C1=C(CN2CCC[C@H]2C(=O)NCc2ccco2)NC(=O)N[C@H]1c1ccco1. The van der Waals surface area contributed by atoms with Crippen molar-refractivity contribution in [1.29, 1.82) is 0 Å². The molecule has 0 unspecified atom stereocenters. The number of hydrogen-bond acceptors (Lipinski definition) is 7. The fourth-order valence-corrected chi connectivity index (χ4v) is 4.08. The molecule has 2 aromatic rings. The fourth-order valence-electron chi connectivity index (χ4n) is 4.08. The van der Waals surface area contributed by atoms with Crippen LogP contribution in [0, 0.1) is 0 Å². The van der Waals surface area contributed by atoms with Crippen LogP contribution in [0.15, 0.2) is 56.9 Å². The molecule has 0 saturated carbocycles. The second-order valence-electron chi connectivity index (χ2n) is 7.59. The van der Waals surface area contributed by atoms with Crippen molar-refractivity contribution in [3.63, 3.8) is 0 Å². The summed E-state index contributed by atoms with van der Waals surface area (Å²) in [4.78, 5) is 40.0. The molecule has 32 heavy (non-hydrogen) atoms. The van der Waals surface area contributed by atoms with E-state index in [1.165, 1.54) is 6.26 Å². The third-order valence-corrected chi connectivity index (χ3v) is 5.52. The van der Waals surface area contributed by atoms with E-state index in [-0.39, 0.29) is 30.7 Å². The highest BCUT2D eigenvalue weighted by atomic mass is 16.5. The Balaban J connectivity index is 1.55. The summed E-state index contributed by atoms with van der Waals surface area (Å²) in [6.45, 7) is 3.09. The smallest absolute Gasteiger partial charge is 0.338 e. The van der Waals surface area contributed by atoms with Crippen molar-refractivity contribution in [1.82, 2.24) is 20.9 Å². The average Bonchev–Trinajstić information content (AvgIpc) is 3.54. The van der Waals surface area contributed by atoms with Crippen LogP contribution >= 0.6 is 0 Å². The predicted molar refractivity (Wildman–Crippen MR) is 112 cm³/mol. The number of hydrogen-bond donors (Lipinski definition) is 3.